The smallest absolute Gasteiger partial charge is 0.240 e. The molecular formula is C15H25ClN2O2S. The molecule has 0 aliphatic rings. The van der Waals surface area contributed by atoms with E-state index >= 15 is 0 Å². The third-order valence-corrected chi connectivity index (χ3v) is 5.10. The van der Waals surface area contributed by atoms with Gasteiger partial charge in [0.1, 0.15) is 0 Å². The van der Waals surface area contributed by atoms with Crippen LogP contribution in [0.4, 0.5) is 0 Å². The van der Waals surface area contributed by atoms with Crippen molar-refractivity contribution in [1.82, 2.24) is 10.0 Å². The second kappa shape index (κ2) is 8.73. The van der Waals surface area contributed by atoms with E-state index in [0.717, 1.165) is 31.4 Å². The zero-order valence-corrected chi connectivity index (χ0v) is 14.5. The number of sulfonamides is 1. The zero-order chi connectivity index (χ0) is 15.9. The highest BCUT2D eigenvalue weighted by Gasteiger charge is 2.18. The van der Waals surface area contributed by atoms with E-state index in [1.807, 2.05) is 13.8 Å². The van der Waals surface area contributed by atoms with E-state index < -0.39 is 10.0 Å². The van der Waals surface area contributed by atoms with Crippen molar-refractivity contribution in [2.45, 2.75) is 57.5 Å². The first-order valence-corrected chi connectivity index (χ1v) is 9.28. The molecule has 0 heterocycles. The number of benzene rings is 1. The highest BCUT2D eigenvalue weighted by molar-refractivity contribution is 7.89. The molecule has 0 aliphatic carbocycles. The third kappa shape index (κ3) is 5.94. The second-order valence-corrected chi connectivity index (χ2v) is 7.36. The van der Waals surface area contributed by atoms with Crippen molar-refractivity contribution in [3.05, 3.63) is 28.8 Å². The third-order valence-electron chi connectivity index (χ3n) is 3.15. The van der Waals surface area contributed by atoms with Crippen LogP contribution in [0.3, 0.4) is 0 Å². The summed E-state index contributed by atoms with van der Waals surface area (Å²) in [6.45, 7) is 7.43. The lowest BCUT2D eigenvalue weighted by atomic mass is 10.2. The van der Waals surface area contributed by atoms with Crippen LogP contribution in [0.15, 0.2) is 23.1 Å². The molecular weight excluding hydrogens is 308 g/mol. The first-order chi connectivity index (χ1) is 9.90. The molecule has 0 aromatic heterocycles. The van der Waals surface area contributed by atoms with Crippen LogP contribution in [0, 0.1) is 0 Å². The van der Waals surface area contributed by atoms with E-state index in [2.05, 4.69) is 17.0 Å². The second-order valence-electron chi connectivity index (χ2n) is 5.24. The summed E-state index contributed by atoms with van der Waals surface area (Å²) >= 11 is 6.13. The maximum Gasteiger partial charge on any atom is 0.240 e. The van der Waals surface area contributed by atoms with Gasteiger partial charge in [0.2, 0.25) is 10.0 Å². The molecule has 0 saturated heterocycles. The van der Waals surface area contributed by atoms with Gasteiger partial charge in [0.15, 0.2) is 0 Å². The Labute approximate surface area is 133 Å². The number of hydrogen-bond donors (Lipinski definition) is 2. The van der Waals surface area contributed by atoms with Crippen molar-refractivity contribution in [1.29, 1.82) is 0 Å². The summed E-state index contributed by atoms with van der Waals surface area (Å²) in [4.78, 5) is 0.267. The van der Waals surface area contributed by atoms with E-state index in [1.165, 1.54) is 0 Å². The van der Waals surface area contributed by atoms with E-state index in [9.17, 15) is 8.42 Å². The molecule has 0 spiro atoms. The molecule has 2 N–H and O–H groups in total. The SMILES string of the molecule is CCCNCc1cc(S(=O)(=O)NC(C)CCC)ccc1Cl. The lowest BCUT2D eigenvalue weighted by Crippen LogP contribution is -2.32. The number of hydrogen-bond acceptors (Lipinski definition) is 3. The molecule has 21 heavy (non-hydrogen) atoms. The van der Waals surface area contributed by atoms with Gasteiger partial charge in [-0.25, -0.2) is 13.1 Å². The predicted molar refractivity (Wildman–Crippen MR) is 88.1 cm³/mol. The van der Waals surface area contributed by atoms with Crippen LogP contribution >= 0.6 is 11.6 Å². The van der Waals surface area contributed by atoms with Crippen molar-refractivity contribution in [3.8, 4) is 0 Å². The lowest BCUT2D eigenvalue weighted by Gasteiger charge is -2.14. The number of nitrogens with one attached hydrogen (secondary N) is 2. The molecule has 6 heteroatoms. The molecule has 0 aliphatic heterocycles. The summed E-state index contributed by atoms with van der Waals surface area (Å²) < 4.78 is 27.4. The molecule has 0 bridgehead atoms. The Balaban J connectivity index is 2.89. The van der Waals surface area contributed by atoms with Gasteiger partial charge in [-0.1, -0.05) is 31.9 Å². The van der Waals surface area contributed by atoms with Crippen LogP contribution in [-0.2, 0) is 16.6 Å². The monoisotopic (exact) mass is 332 g/mol. The van der Waals surface area contributed by atoms with Crippen LogP contribution in [0.1, 0.15) is 45.6 Å². The minimum atomic E-state index is -3.49. The molecule has 0 saturated carbocycles. The van der Waals surface area contributed by atoms with Crippen molar-refractivity contribution < 1.29 is 8.42 Å². The predicted octanol–water partition coefficient (Wildman–Crippen LogP) is 3.31. The molecule has 1 unspecified atom stereocenters. The van der Waals surface area contributed by atoms with E-state index in [-0.39, 0.29) is 10.9 Å². The fraction of sp³-hybridized carbons (Fsp3) is 0.600. The maximum atomic E-state index is 12.3. The Morgan fingerprint density at radius 1 is 1.24 bits per heavy atom. The van der Waals surface area contributed by atoms with Crippen LogP contribution in [0.5, 0.6) is 0 Å². The molecule has 1 aromatic rings. The maximum absolute atomic E-state index is 12.3. The Bertz CT molecular complexity index is 547. The number of halogens is 1. The van der Waals surface area contributed by atoms with Crippen LogP contribution in [0.2, 0.25) is 5.02 Å². The molecule has 120 valence electrons. The summed E-state index contributed by atoms with van der Waals surface area (Å²) in [5.74, 6) is 0. The van der Waals surface area contributed by atoms with E-state index in [0.29, 0.717) is 11.6 Å². The van der Waals surface area contributed by atoms with Crippen molar-refractivity contribution in [2.24, 2.45) is 0 Å². The first-order valence-electron chi connectivity index (χ1n) is 7.42. The summed E-state index contributed by atoms with van der Waals surface area (Å²) in [7, 11) is -3.49. The van der Waals surface area contributed by atoms with Crippen molar-refractivity contribution in [2.75, 3.05) is 6.54 Å². The fourth-order valence-corrected chi connectivity index (χ4v) is 3.59. The summed E-state index contributed by atoms with van der Waals surface area (Å²) in [5.41, 5.74) is 0.802. The van der Waals surface area contributed by atoms with Crippen molar-refractivity contribution >= 4 is 21.6 Å². The van der Waals surface area contributed by atoms with E-state index in [4.69, 9.17) is 11.6 Å². The van der Waals surface area contributed by atoms with Gasteiger partial charge >= 0.3 is 0 Å². The molecule has 1 rings (SSSR count). The lowest BCUT2D eigenvalue weighted by molar-refractivity contribution is 0.543. The molecule has 4 nitrogen and oxygen atoms in total. The standard InChI is InChI=1S/C15H25ClN2O2S/c1-4-6-12(3)18-21(19,20)14-7-8-15(16)13(10-14)11-17-9-5-2/h7-8,10,12,17-18H,4-6,9,11H2,1-3H3. The Morgan fingerprint density at radius 2 is 1.95 bits per heavy atom. The summed E-state index contributed by atoms with van der Waals surface area (Å²) in [6, 6.07) is 4.76. The Hall–Kier alpha value is -0.620. The average molecular weight is 333 g/mol. The van der Waals surface area contributed by atoms with Crippen molar-refractivity contribution in [3.63, 3.8) is 0 Å². The van der Waals surface area contributed by atoms with E-state index in [1.54, 1.807) is 18.2 Å². The molecule has 0 amide bonds. The number of rotatable bonds is 9. The van der Waals surface area contributed by atoms with Gasteiger partial charge in [-0.3, -0.25) is 0 Å². The topological polar surface area (TPSA) is 58.2 Å². The van der Waals surface area contributed by atoms with Gasteiger partial charge in [0.25, 0.3) is 0 Å². The normalized spacial score (nSPS) is 13.3. The quantitative estimate of drug-likeness (QED) is 0.682. The highest BCUT2D eigenvalue weighted by Crippen LogP contribution is 2.21. The first kappa shape index (κ1) is 18.4. The molecule has 0 fully saturated rings. The summed E-state index contributed by atoms with van der Waals surface area (Å²) in [6.07, 6.45) is 2.78. The highest BCUT2D eigenvalue weighted by atomic mass is 35.5. The van der Waals surface area contributed by atoms with Crippen LogP contribution < -0.4 is 10.0 Å². The van der Waals surface area contributed by atoms with Gasteiger partial charge in [-0.05, 0) is 50.1 Å². The van der Waals surface area contributed by atoms with Crippen LogP contribution in [0.25, 0.3) is 0 Å². The molecule has 1 atom stereocenters. The van der Waals surface area contributed by atoms with Gasteiger partial charge < -0.3 is 5.32 Å². The average Bonchev–Trinajstić information content (AvgIpc) is 2.40. The zero-order valence-electron chi connectivity index (χ0n) is 12.9. The minimum absolute atomic E-state index is 0.0719. The Kier molecular flexibility index (Phi) is 7.66. The fourth-order valence-electron chi connectivity index (χ4n) is 2.08. The largest absolute Gasteiger partial charge is 0.313 e. The molecule has 0 radical (unpaired) electrons. The van der Waals surface area contributed by atoms with Gasteiger partial charge in [-0.15, -0.1) is 0 Å². The van der Waals surface area contributed by atoms with Gasteiger partial charge in [-0.2, -0.15) is 0 Å². The van der Waals surface area contributed by atoms with Gasteiger partial charge in [0, 0.05) is 17.6 Å². The minimum Gasteiger partial charge on any atom is -0.313 e. The molecule has 1 aromatic carbocycles. The van der Waals surface area contributed by atoms with Gasteiger partial charge in [0.05, 0.1) is 4.90 Å². The Morgan fingerprint density at radius 3 is 2.57 bits per heavy atom. The summed E-state index contributed by atoms with van der Waals surface area (Å²) in [5, 5.41) is 3.81. The van der Waals surface area contributed by atoms with Crippen LogP contribution in [-0.4, -0.2) is 21.0 Å².